The van der Waals surface area contributed by atoms with Crippen molar-refractivity contribution in [3.8, 4) is 89.0 Å². The van der Waals surface area contributed by atoms with Gasteiger partial charge in [0.1, 0.15) is 0 Å². The summed E-state index contributed by atoms with van der Waals surface area (Å²) in [6.45, 7) is 0. The fourth-order valence-electron chi connectivity index (χ4n) is 15.7. The van der Waals surface area contributed by atoms with Gasteiger partial charge in [-0.15, -0.1) is 0 Å². The number of benzene rings is 19. The van der Waals surface area contributed by atoms with Gasteiger partial charge in [0.05, 0.1) is 5.69 Å². The third-order valence-electron chi connectivity index (χ3n) is 21.0. The average Bonchev–Trinajstić information content (AvgIpc) is 0.752. The zero-order valence-corrected chi connectivity index (χ0v) is 57.2. The monoisotopic (exact) mass is 1320 g/mol. The van der Waals surface area contributed by atoms with E-state index in [-0.39, 0.29) is 0 Å². The summed E-state index contributed by atoms with van der Waals surface area (Å²) in [6.07, 6.45) is 0. The molecule has 0 spiro atoms. The Bertz CT molecular complexity index is 6390. The van der Waals surface area contributed by atoms with Gasteiger partial charge in [0.15, 0.2) is 0 Å². The molecule has 0 heterocycles. The summed E-state index contributed by atoms with van der Waals surface area (Å²) in [6, 6.07) is 152. The minimum atomic E-state index is 1.07. The van der Waals surface area contributed by atoms with Crippen LogP contribution in [0.4, 0.5) is 34.1 Å². The van der Waals surface area contributed by atoms with Crippen LogP contribution >= 0.6 is 0 Å². The van der Waals surface area contributed by atoms with Gasteiger partial charge in [0, 0.05) is 34.0 Å². The highest BCUT2D eigenvalue weighted by molar-refractivity contribution is 6.19. The molecule has 0 aliphatic heterocycles. The zero-order valence-electron chi connectivity index (χ0n) is 57.2. The van der Waals surface area contributed by atoms with Crippen LogP contribution in [0.3, 0.4) is 0 Å². The maximum atomic E-state index is 2.45. The quantitative estimate of drug-likeness (QED) is 0.100. The van der Waals surface area contributed by atoms with Crippen molar-refractivity contribution in [2.45, 2.75) is 0 Å². The van der Waals surface area contributed by atoms with Crippen LogP contribution in [0.25, 0.3) is 154 Å². The summed E-state index contributed by atoms with van der Waals surface area (Å²) in [7, 11) is 0. The van der Waals surface area contributed by atoms with E-state index in [9.17, 15) is 0 Å². The molecular formula is C102H68N2. The van der Waals surface area contributed by atoms with E-state index in [2.05, 4.69) is 422 Å². The van der Waals surface area contributed by atoms with Crippen LogP contribution in [0, 0.1) is 0 Å². The molecule has 0 bridgehead atoms. The summed E-state index contributed by atoms with van der Waals surface area (Å²) in [4.78, 5) is 4.86. The van der Waals surface area contributed by atoms with Crippen molar-refractivity contribution >= 4 is 98.8 Å². The van der Waals surface area contributed by atoms with Gasteiger partial charge in [-0.2, -0.15) is 0 Å². The minimum absolute atomic E-state index is 1.07. The maximum Gasteiger partial charge on any atom is 0.0540 e. The van der Waals surface area contributed by atoms with E-state index in [0.29, 0.717) is 0 Å². The molecule has 2 nitrogen and oxygen atoms in total. The van der Waals surface area contributed by atoms with Crippen LogP contribution in [0.1, 0.15) is 0 Å². The lowest BCUT2D eigenvalue weighted by Crippen LogP contribution is -2.11. The lowest BCUT2D eigenvalue weighted by atomic mass is 9.92. The van der Waals surface area contributed by atoms with Gasteiger partial charge >= 0.3 is 0 Å². The van der Waals surface area contributed by atoms with Crippen molar-refractivity contribution in [1.29, 1.82) is 0 Å². The molecule has 0 saturated carbocycles. The summed E-state index contributed by atoms with van der Waals surface area (Å²) in [5.74, 6) is 0. The normalized spacial score (nSPS) is 11.5. The molecule has 19 aromatic rings. The molecule has 0 aromatic heterocycles. The second kappa shape index (κ2) is 26.5. The number of nitrogens with zero attached hydrogens (tertiary/aromatic N) is 2. The van der Waals surface area contributed by atoms with Crippen molar-refractivity contribution < 1.29 is 0 Å². The Morgan fingerprint density at radius 3 is 0.904 bits per heavy atom. The number of hydrogen-bond acceptors (Lipinski definition) is 2. The molecule has 0 atom stereocenters. The zero-order chi connectivity index (χ0) is 68.9. The summed E-state index contributed by atoms with van der Waals surface area (Å²) in [5, 5.41) is 14.7. The molecule has 486 valence electrons. The predicted octanol–water partition coefficient (Wildman–Crippen LogP) is 28.9. The minimum Gasteiger partial charge on any atom is -0.310 e. The Hall–Kier alpha value is -13.7. The Morgan fingerprint density at radius 1 is 0.125 bits per heavy atom. The third kappa shape index (κ3) is 11.6. The van der Waals surface area contributed by atoms with Gasteiger partial charge in [-0.3, -0.25) is 0 Å². The van der Waals surface area contributed by atoms with Gasteiger partial charge in [-0.05, 0) is 227 Å². The van der Waals surface area contributed by atoms with Gasteiger partial charge < -0.3 is 9.80 Å². The molecule has 0 radical (unpaired) electrons. The second-order valence-electron chi connectivity index (χ2n) is 27.2. The van der Waals surface area contributed by atoms with E-state index in [1.807, 2.05) is 0 Å². The van der Waals surface area contributed by atoms with Gasteiger partial charge in [-0.1, -0.05) is 334 Å². The van der Waals surface area contributed by atoms with Crippen molar-refractivity contribution in [2.24, 2.45) is 0 Å². The molecule has 104 heavy (non-hydrogen) atoms. The van der Waals surface area contributed by atoms with Crippen LogP contribution in [0.5, 0.6) is 0 Å². The molecule has 2 heteroatoms. The summed E-state index contributed by atoms with van der Waals surface area (Å²) >= 11 is 0. The molecule has 0 N–H and O–H groups in total. The van der Waals surface area contributed by atoms with Crippen molar-refractivity contribution in [3.63, 3.8) is 0 Å². The average molecular weight is 1320 g/mol. The number of anilines is 6. The van der Waals surface area contributed by atoms with Crippen LogP contribution in [-0.2, 0) is 0 Å². The first-order valence-electron chi connectivity index (χ1n) is 35.8. The fraction of sp³-hybridized carbons (Fsp3) is 0. The van der Waals surface area contributed by atoms with Crippen LogP contribution < -0.4 is 9.80 Å². The Morgan fingerprint density at radius 2 is 0.413 bits per heavy atom. The molecule has 0 fully saturated rings. The van der Waals surface area contributed by atoms with Gasteiger partial charge in [0.25, 0.3) is 0 Å². The van der Waals surface area contributed by atoms with Crippen molar-refractivity contribution in [2.75, 3.05) is 9.80 Å². The van der Waals surface area contributed by atoms with E-state index in [4.69, 9.17) is 0 Å². The van der Waals surface area contributed by atoms with E-state index >= 15 is 0 Å². The molecule has 0 aliphatic rings. The SMILES string of the molecule is c1ccc(-c2ccc(-c3ccc(N(c4cccc(-c5ccc(-c6ccccc6)cc5)c4)c4ccc5c(ccc6c7cc(-c8ccc(N(c9ccc(-c%10ccc(-c%11ccccc%11)cc%10)cc9)c9ccc%10c(ccc%11c%12ccccc%12ccc%10%11)c9)c(-c9ccccc9)c8)ccc7ccc56)c4)cc3)cc2)cc1. The van der Waals surface area contributed by atoms with Crippen molar-refractivity contribution in [1.82, 2.24) is 0 Å². The van der Waals surface area contributed by atoms with E-state index in [1.54, 1.807) is 0 Å². The highest BCUT2D eigenvalue weighted by Crippen LogP contribution is 2.47. The Labute approximate surface area is 606 Å². The molecule has 0 aliphatic carbocycles. The van der Waals surface area contributed by atoms with Crippen LogP contribution in [-0.4, -0.2) is 0 Å². The topological polar surface area (TPSA) is 6.48 Å². The molecule has 19 aromatic carbocycles. The maximum absolute atomic E-state index is 2.45. The Balaban J connectivity index is 0.693. The van der Waals surface area contributed by atoms with Gasteiger partial charge in [0.2, 0.25) is 0 Å². The van der Waals surface area contributed by atoms with Crippen LogP contribution in [0.15, 0.2) is 413 Å². The second-order valence-corrected chi connectivity index (χ2v) is 27.2. The predicted molar refractivity (Wildman–Crippen MR) is 444 cm³/mol. The number of hydrogen-bond donors (Lipinski definition) is 0. The first-order valence-corrected chi connectivity index (χ1v) is 35.8. The third-order valence-corrected chi connectivity index (χ3v) is 21.0. The molecule has 0 saturated heterocycles. The van der Waals surface area contributed by atoms with Crippen molar-refractivity contribution in [3.05, 3.63) is 413 Å². The fourth-order valence-corrected chi connectivity index (χ4v) is 15.7. The first kappa shape index (κ1) is 61.4. The Kier molecular flexibility index (Phi) is 15.6. The summed E-state index contributed by atoms with van der Waals surface area (Å²) < 4.78 is 0. The lowest BCUT2D eigenvalue weighted by molar-refractivity contribution is 1.29. The number of fused-ring (bicyclic) bond motifs is 10. The molecule has 19 rings (SSSR count). The highest BCUT2D eigenvalue weighted by atomic mass is 15.1. The van der Waals surface area contributed by atoms with Crippen LogP contribution in [0.2, 0.25) is 0 Å². The lowest BCUT2D eigenvalue weighted by Gasteiger charge is -2.29. The standard InChI is InChI=1S/C102H68N2/c1-5-16-69(17-6-1)72-28-32-75(33-29-72)77-42-51-88(52-43-77)103(90-26-15-25-83(64-90)79-38-36-74(37-39-79)71-20-9-3-10-21-71)91-55-61-95-86(65-91)49-60-99-98(95)58-47-82-40-41-84(67-100(82)99)85-50-63-102(101(68-85)80-22-11-4-12-23-80)104(89-53-44-78(45-54-89)76-34-30-73(31-35-76)70-18-7-2-8-19-70)92-56-62-94-87(66-92)48-59-96-93-27-14-13-24-81(93)46-57-97(94)96/h1-68H. The van der Waals surface area contributed by atoms with E-state index < -0.39 is 0 Å². The summed E-state index contributed by atoms with van der Waals surface area (Å²) in [5.41, 5.74) is 25.3. The van der Waals surface area contributed by atoms with E-state index in [1.165, 1.54) is 120 Å². The molecular weight excluding hydrogens is 1250 g/mol. The highest BCUT2D eigenvalue weighted by Gasteiger charge is 2.22. The molecule has 0 unspecified atom stereocenters. The largest absolute Gasteiger partial charge is 0.310 e. The van der Waals surface area contributed by atoms with E-state index in [0.717, 1.165) is 67.5 Å². The molecule has 0 amide bonds. The number of rotatable bonds is 14. The van der Waals surface area contributed by atoms with Gasteiger partial charge in [-0.25, -0.2) is 0 Å². The first-order chi connectivity index (χ1) is 51.5. The smallest absolute Gasteiger partial charge is 0.0540 e.